The molecule has 1 amide bonds. The fourth-order valence-corrected chi connectivity index (χ4v) is 3.50. The maximum atomic E-state index is 12.2. The van der Waals surface area contributed by atoms with Crippen molar-refractivity contribution in [2.75, 3.05) is 5.32 Å². The summed E-state index contributed by atoms with van der Waals surface area (Å²) in [5.41, 5.74) is 2.79. The largest absolute Gasteiger partial charge is 0.457 e. The van der Waals surface area contributed by atoms with Crippen molar-refractivity contribution in [1.82, 2.24) is 5.32 Å². The van der Waals surface area contributed by atoms with Gasteiger partial charge in [-0.25, -0.2) is 0 Å². The van der Waals surface area contributed by atoms with Gasteiger partial charge in [0.15, 0.2) is 5.11 Å². The summed E-state index contributed by atoms with van der Waals surface area (Å²) in [6.45, 7) is 2.17. The molecule has 0 fully saturated rings. The SMILES string of the molecule is CCCCc1ccc(NC(=S)NC(=O)/C=C/c2ccc(-c3cccc(Cl)c3Cl)o2)cc1. The van der Waals surface area contributed by atoms with Crippen molar-refractivity contribution in [3.63, 3.8) is 0 Å². The zero-order chi connectivity index (χ0) is 22.2. The first-order valence-corrected chi connectivity index (χ1v) is 11.1. The van der Waals surface area contributed by atoms with Crippen molar-refractivity contribution in [1.29, 1.82) is 0 Å². The van der Waals surface area contributed by atoms with E-state index in [0.29, 0.717) is 27.1 Å². The van der Waals surface area contributed by atoms with E-state index in [2.05, 4.69) is 29.7 Å². The van der Waals surface area contributed by atoms with Crippen LogP contribution in [0.5, 0.6) is 0 Å². The number of amides is 1. The number of anilines is 1. The molecule has 3 rings (SSSR count). The summed E-state index contributed by atoms with van der Waals surface area (Å²) in [7, 11) is 0. The van der Waals surface area contributed by atoms with Crippen LogP contribution in [-0.2, 0) is 11.2 Å². The Morgan fingerprint density at radius 3 is 2.61 bits per heavy atom. The Bertz CT molecular complexity index is 1090. The van der Waals surface area contributed by atoms with Crippen molar-refractivity contribution in [3.05, 3.63) is 82.0 Å². The van der Waals surface area contributed by atoms with Gasteiger partial charge < -0.3 is 9.73 Å². The van der Waals surface area contributed by atoms with Crippen molar-refractivity contribution in [2.24, 2.45) is 0 Å². The van der Waals surface area contributed by atoms with E-state index in [9.17, 15) is 4.79 Å². The van der Waals surface area contributed by atoms with Gasteiger partial charge in [0.1, 0.15) is 11.5 Å². The minimum Gasteiger partial charge on any atom is -0.457 e. The number of aryl methyl sites for hydroxylation is 1. The summed E-state index contributed by atoms with van der Waals surface area (Å²) >= 11 is 17.5. The molecule has 4 nitrogen and oxygen atoms in total. The van der Waals surface area contributed by atoms with Crippen molar-refractivity contribution < 1.29 is 9.21 Å². The van der Waals surface area contributed by atoms with Crippen LogP contribution >= 0.6 is 35.4 Å². The second-order valence-electron chi connectivity index (χ2n) is 6.88. The third kappa shape index (κ3) is 6.69. The topological polar surface area (TPSA) is 54.3 Å². The van der Waals surface area contributed by atoms with Gasteiger partial charge in [0.25, 0.3) is 0 Å². The summed E-state index contributed by atoms with van der Waals surface area (Å²) < 4.78 is 5.74. The van der Waals surface area contributed by atoms with Gasteiger partial charge in [0.2, 0.25) is 5.91 Å². The monoisotopic (exact) mass is 472 g/mol. The predicted molar refractivity (Wildman–Crippen MR) is 133 cm³/mol. The Kier molecular flexibility index (Phi) is 8.29. The van der Waals surface area contributed by atoms with Crippen LogP contribution in [0.15, 0.2) is 65.1 Å². The Hall–Kier alpha value is -2.60. The molecule has 160 valence electrons. The third-order valence-corrected chi connectivity index (χ3v) is 5.53. The van der Waals surface area contributed by atoms with Crippen molar-refractivity contribution in [3.8, 4) is 11.3 Å². The molecule has 7 heteroatoms. The lowest BCUT2D eigenvalue weighted by Crippen LogP contribution is -2.32. The Balaban J connectivity index is 1.54. The lowest BCUT2D eigenvalue weighted by molar-refractivity contribution is -0.115. The summed E-state index contributed by atoms with van der Waals surface area (Å²) in [5.74, 6) is 0.700. The number of carbonyl (C=O) groups excluding carboxylic acids is 1. The fourth-order valence-electron chi connectivity index (χ4n) is 2.89. The quantitative estimate of drug-likeness (QED) is 0.283. The van der Waals surface area contributed by atoms with Gasteiger partial charge in [-0.2, -0.15) is 0 Å². The number of halogens is 2. The molecule has 0 aliphatic heterocycles. The van der Waals surface area contributed by atoms with Crippen molar-refractivity contribution >= 4 is 58.2 Å². The molecule has 0 atom stereocenters. The smallest absolute Gasteiger partial charge is 0.250 e. The van der Waals surface area contributed by atoms with Gasteiger partial charge in [-0.05, 0) is 73.1 Å². The number of nitrogens with one attached hydrogen (secondary N) is 2. The average molecular weight is 473 g/mol. The van der Waals surface area contributed by atoms with E-state index in [1.54, 1.807) is 30.3 Å². The molecule has 1 heterocycles. The van der Waals surface area contributed by atoms with Crippen LogP contribution in [0.3, 0.4) is 0 Å². The normalized spacial score (nSPS) is 10.9. The van der Waals surface area contributed by atoms with E-state index >= 15 is 0 Å². The molecule has 0 unspecified atom stereocenters. The second kappa shape index (κ2) is 11.1. The number of hydrogen-bond donors (Lipinski definition) is 2. The zero-order valence-corrected chi connectivity index (χ0v) is 19.3. The van der Waals surface area contributed by atoms with Crippen LogP contribution < -0.4 is 10.6 Å². The highest BCUT2D eigenvalue weighted by Crippen LogP contribution is 2.34. The summed E-state index contributed by atoms with van der Waals surface area (Å²) in [6, 6.07) is 16.8. The highest BCUT2D eigenvalue weighted by Gasteiger charge is 2.10. The fraction of sp³-hybridized carbons (Fsp3) is 0.167. The lowest BCUT2D eigenvalue weighted by Gasteiger charge is -2.09. The first kappa shape index (κ1) is 23.1. The summed E-state index contributed by atoms with van der Waals surface area (Å²) in [6.07, 6.45) is 6.29. The first-order valence-electron chi connectivity index (χ1n) is 9.89. The molecule has 0 radical (unpaired) electrons. The molecule has 2 aromatic carbocycles. The van der Waals surface area contributed by atoms with Gasteiger partial charge in [0.05, 0.1) is 10.0 Å². The predicted octanol–water partition coefficient (Wildman–Crippen LogP) is 7.12. The molecule has 0 saturated carbocycles. The molecule has 3 aromatic rings. The molecule has 0 aliphatic rings. The number of hydrogen-bond acceptors (Lipinski definition) is 3. The van der Waals surface area contributed by atoms with Crippen LogP contribution in [0.2, 0.25) is 10.0 Å². The third-order valence-electron chi connectivity index (χ3n) is 4.51. The maximum Gasteiger partial charge on any atom is 0.250 e. The van der Waals surface area contributed by atoms with E-state index in [1.165, 1.54) is 11.6 Å². The van der Waals surface area contributed by atoms with E-state index in [-0.39, 0.29) is 11.0 Å². The number of furan rings is 1. The number of unbranched alkanes of at least 4 members (excludes halogenated alkanes) is 1. The molecule has 2 N–H and O–H groups in total. The van der Waals surface area contributed by atoms with Gasteiger partial charge in [-0.1, -0.05) is 54.7 Å². The Morgan fingerprint density at radius 2 is 1.87 bits per heavy atom. The van der Waals surface area contributed by atoms with E-state index in [0.717, 1.165) is 24.9 Å². The van der Waals surface area contributed by atoms with Crippen LogP contribution in [0.4, 0.5) is 5.69 Å². The number of carbonyl (C=O) groups is 1. The van der Waals surface area contributed by atoms with Crippen LogP contribution in [0, 0.1) is 0 Å². The van der Waals surface area contributed by atoms with Gasteiger partial charge >= 0.3 is 0 Å². The van der Waals surface area contributed by atoms with Crippen LogP contribution in [0.25, 0.3) is 17.4 Å². The molecule has 31 heavy (non-hydrogen) atoms. The molecular formula is C24H22Cl2N2O2S. The number of benzene rings is 2. The van der Waals surface area contributed by atoms with E-state index in [4.69, 9.17) is 39.8 Å². The van der Waals surface area contributed by atoms with Gasteiger partial charge in [-0.15, -0.1) is 0 Å². The first-order chi connectivity index (χ1) is 15.0. The number of thiocarbonyl (C=S) groups is 1. The molecule has 0 saturated heterocycles. The average Bonchev–Trinajstić information content (AvgIpc) is 3.22. The van der Waals surface area contributed by atoms with E-state index < -0.39 is 0 Å². The maximum absolute atomic E-state index is 12.2. The van der Waals surface area contributed by atoms with E-state index in [1.807, 2.05) is 18.2 Å². The molecule has 0 spiro atoms. The second-order valence-corrected chi connectivity index (χ2v) is 8.07. The molecular weight excluding hydrogens is 451 g/mol. The minimum absolute atomic E-state index is 0.224. The lowest BCUT2D eigenvalue weighted by atomic mass is 10.1. The van der Waals surface area contributed by atoms with Crippen LogP contribution in [0.1, 0.15) is 31.1 Å². The molecule has 1 aromatic heterocycles. The number of rotatable bonds is 7. The summed E-state index contributed by atoms with van der Waals surface area (Å²) in [4.78, 5) is 12.2. The van der Waals surface area contributed by atoms with Crippen molar-refractivity contribution in [2.45, 2.75) is 26.2 Å². The molecule has 0 bridgehead atoms. The highest BCUT2D eigenvalue weighted by atomic mass is 35.5. The Morgan fingerprint density at radius 1 is 1.10 bits per heavy atom. The molecule has 0 aliphatic carbocycles. The zero-order valence-electron chi connectivity index (χ0n) is 17.0. The summed E-state index contributed by atoms with van der Waals surface area (Å²) in [5, 5.41) is 6.71. The van der Waals surface area contributed by atoms with Crippen LogP contribution in [-0.4, -0.2) is 11.0 Å². The Labute approximate surface area is 197 Å². The minimum atomic E-state index is -0.365. The highest BCUT2D eigenvalue weighted by molar-refractivity contribution is 7.80. The van der Waals surface area contributed by atoms with Gasteiger partial charge in [-0.3, -0.25) is 10.1 Å². The standard InChI is InChI=1S/C24H22Cl2N2O2S/c1-2-3-5-16-8-10-17(11-9-16)27-24(31)28-22(29)15-13-18-12-14-21(30-18)19-6-4-7-20(25)23(19)26/h4,6-15H,2-3,5H2,1H3,(H2,27,28,29,31)/b15-13+. The van der Waals surface area contributed by atoms with Gasteiger partial charge in [0, 0.05) is 17.3 Å².